The van der Waals surface area contributed by atoms with Crippen molar-refractivity contribution in [3.8, 4) is 17.6 Å². The molecule has 0 heterocycles. The number of anilines is 1. The molecule has 0 unspecified atom stereocenters. The van der Waals surface area contributed by atoms with E-state index in [0.717, 1.165) is 22.7 Å². The molecular weight excluding hydrogens is 330 g/mol. The summed E-state index contributed by atoms with van der Waals surface area (Å²) in [5.41, 5.74) is 1.66. The van der Waals surface area contributed by atoms with Crippen LogP contribution in [0.2, 0.25) is 0 Å². The smallest absolute Gasteiger partial charge is 0.263 e. The van der Waals surface area contributed by atoms with Gasteiger partial charge in [0.2, 0.25) is 0 Å². The van der Waals surface area contributed by atoms with E-state index in [1.165, 1.54) is 6.20 Å². The standard InChI is InChI=1S/C20H21N3O3/c1-3-26-19-10-6-17(7-11-19)22-14-16(12-21)20(24)23-13-15-4-8-18(25-2)9-5-15/h4-11,14,22H,3,13H2,1-2H3,(H,23,24)/b16-14-. The molecule has 2 aromatic rings. The van der Waals surface area contributed by atoms with Gasteiger partial charge in [-0.2, -0.15) is 5.26 Å². The molecule has 0 fully saturated rings. The second kappa shape index (κ2) is 9.74. The molecule has 0 spiro atoms. The summed E-state index contributed by atoms with van der Waals surface area (Å²) in [6, 6.07) is 16.5. The van der Waals surface area contributed by atoms with Crippen LogP contribution in [0, 0.1) is 11.3 Å². The summed E-state index contributed by atoms with van der Waals surface area (Å²) in [5.74, 6) is 1.07. The Morgan fingerprint density at radius 1 is 1.12 bits per heavy atom. The van der Waals surface area contributed by atoms with E-state index in [9.17, 15) is 10.1 Å². The molecule has 134 valence electrons. The molecule has 2 aromatic carbocycles. The minimum atomic E-state index is -0.443. The highest BCUT2D eigenvalue weighted by Crippen LogP contribution is 2.16. The van der Waals surface area contributed by atoms with Crippen LogP contribution in [0.1, 0.15) is 12.5 Å². The zero-order valence-corrected chi connectivity index (χ0v) is 14.8. The largest absolute Gasteiger partial charge is 0.497 e. The third-order valence-electron chi connectivity index (χ3n) is 3.53. The first-order valence-electron chi connectivity index (χ1n) is 8.17. The molecule has 2 N–H and O–H groups in total. The van der Waals surface area contributed by atoms with Crippen molar-refractivity contribution in [2.45, 2.75) is 13.5 Å². The maximum atomic E-state index is 12.1. The van der Waals surface area contributed by atoms with Crippen LogP contribution >= 0.6 is 0 Å². The van der Waals surface area contributed by atoms with Gasteiger partial charge in [-0.15, -0.1) is 0 Å². The minimum Gasteiger partial charge on any atom is -0.497 e. The number of nitriles is 1. The predicted molar refractivity (Wildman–Crippen MR) is 99.8 cm³/mol. The lowest BCUT2D eigenvalue weighted by molar-refractivity contribution is -0.117. The van der Waals surface area contributed by atoms with Crippen molar-refractivity contribution in [1.29, 1.82) is 5.26 Å². The number of ether oxygens (including phenoxy) is 2. The highest BCUT2D eigenvalue weighted by atomic mass is 16.5. The summed E-state index contributed by atoms with van der Waals surface area (Å²) >= 11 is 0. The number of rotatable bonds is 8. The van der Waals surface area contributed by atoms with Crippen molar-refractivity contribution in [2.75, 3.05) is 19.0 Å². The molecule has 1 amide bonds. The van der Waals surface area contributed by atoms with Crippen LogP contribution in [-0.2, 0) is 11.3 Å². The van der Waals surface area contributed by atoms with Gasteiger partial charge >= 0.3 is 0 Å². The number of nitrogens with zero attached hydrogens (tertiary/aromatic N) is 1. The summed E-state index contributed by atoms with van der Waals surface area (Å²) < 4.78 is 10.5. The van der Waals surface area contributed by atoms with Gasteiger partial charge in [-0.05, 0) is 48.9 Å². The number of benzene rings is 2. The average Bonchev–Trinajstić information content (AvgIpc) is 2.68. The van der Waals surface area contributed by atoms with Gasteiger partial charge in [-0.25, -0.2) is 0 Å². The van der Waals surface area contributed by atoms with E-state index in [0.29, 0.717) is 13.2 Å². The summed E-state index contributed by atoms with van der Waals surface area (Å²) in [4.78, 5) is 12.1. The van der Waals surface area contributed by atoms with Crippen molar-refractivity contribution in [1.82, 2.24) is 5.32 Å². The van der Waals surface area contributed by atoms with Crippen LogP contribution in [0.5, 0.6) is 11.5 Å². The first-order valence-corrected chi connectivity index (χ1v) is 8.17. The highest BCUT2D eigenvalue weighted by molar-refractivity contribution is 5.97. The van der Waals surface area contributed by atoms with E-state index in [1.807, 2.05) is 61.5 Å². The molecule has 0 radical (unpaired) electrons. The SMILES string of the molecule is CCOc1ccc(N/C=C(/C#N)C(=O)NCc2ccc(OC)cc2)cc1. The van der Waals surface area contributed by atoms with Gasteiger partial charge in [-0.1, -0.05) is 12.1 Å². The van der Waals surface area contributed by atoms with Crippen molar-refractivity contribution in [3.05, 3.63) is 65.9 Å². The van der Waals surface area contributed by atoms with Gasteiger partial charge in [-0.3, -0.25) is 4.79 Å². The Balaban J connectivity index is 1.92. The van der Waals surface area contributed by atoms with Crippen molar-refractivity contribution in [3.63, 3.8) is 0 Å². The third-order valence-corrected chi connectivity index (χ3v) is 3.53. The van der Waals surface area contributed by atoms with Gasteiger partial charge in [0.25, 0.3) is 5.91 Å². The first kappa shape index (κ1) is 18.9. The second-order valence-electron chi connectivity index (χ2n) is 5.30. The third kappa shape index (κ3) is 5.56. The normalized spacial score (nSPS) is 10.6. The molecule has 0 atom stereocenters. The number of hydrogen-bond acceptors (Lipinski definition) is 5. The van der Waals surface area contributed by atoms with Crippen molar-refractivity contribution in [2.24, 2.45) is 0 Å². The molecule has 0 saturated heterocycles. The fraction of sp³-hybridized carbons (Fsp3) is 0.200. The van der Waals surface area contributed by atoms with Crippen LogP contribution in [-0.4, -0.2) is 19.6 Å². The predicted octanol–water partition coefficient (Wildman–Crippen LogP) is 3.23. The second-order valence-corrected chi connectivity index (χ2v) is 5.30. The van der Waals surface area contributed by atoms with Crippen LogP contribution in [0.15, 0.2) is 60.3 Å². The summed E-state index contributed by atoms with van der Waals surface area (Å²) in [5, 5.41) is 14.9. The van der Waals surface area contributed by atoms with Crippen molar-refractivity contribution >= 4 is 11.6 Å². The molecule has 0 saturated carbocycles. The molecule has 0 aliphatic rings. The average molecular weight is 351 g/mol. The molecule has 0 aliphatic carbocycles. The Bertz CT molecular complexity index is 791. The Labute approximate surface area is 153 Å². The molecule has 6 nitrogen and oxygen atoms in total. The van der Waals surface area contributed by atoms with Crippen LogP contribution in [0.25, 0.3) is 0 Å². The van der Waals surface area contributed by atoms with E-state index in [-0.39, 0.29) is 5.57 Å². The Hall–Kier alpha value is -3.46. The minimum absolute atomic E-state index is 0.00704. The number of carbonyl (C=O) groups is 1. The lowest BCUT2D eigenvalue weighted by atomic mass is 10.2. The quantitative estimate of drug-likeness (QED) is 0.563. The summed E-state index contributed by atoms with van der Waals surface area (Å²) in [7, 11) is 1.60. The van der Waals surface area contributed by atoms with E-state index < -0.39 is 5.91 Å². The Kier molecular flexibility index (Phi) is 7.07. The summed E-state index contributed by atoms with van der Waals surface area (Å²) in [6.07, 6.45) is 1.39. The maximum absolute atomic E-state index is 12.1. The fourth-order valence-electron chi connectivity index (χ4n) is 2.14. The van der Waals surface area contributed by atoms with E-state index in [1.54, 1.807) is 7.11 Å². The topological polar surface area (TPSA) is 83.4 Å². The molecule has 26 heavy (non-hydrogen) atoms. The number of hydrogen-bond donors (Lipinski definition) is 2. The van der Waals surface area contributed by atoms with E-state index in [2.05, 4.69) is 10.6 Å². The van der Waals surface area contributed by atoms with Crippen LogP contribution < -0.4 is 20.1 Å². The first-order chi connectivity index (χ1) is 12.7. The number of carbonyl (C=O) groups excluding carboxylic acids is 1. The Morgan fingerprint density at radius 3 is 2.35 bits per heavy atom. The van der Waals surface area contributed by atoms with Gasteiger partial charge in [0.1, 0.15) is 23.1 Å². The maximum Gasteiger partial charge on any atom is 0.263 e. The van der Waals surface area contributed by atoms with E-state index >= 15 is 0 Å². The molecule has 0 aromatic heterocycles. The van der Waals surface area contributed by atoms with Gasteiger partial charge in [0, 0.05) is 18.4 Å². The molecule has 0 bridgehead atoms. The summed E-state index contributed by atoms with van der Waals surface area (Å²) in [6.45, 7) is 2.84. The molecule has 6 heteroatoms. The fourth-order valence-corrected chi connectivity index (χ4v) is 2.14. The molecule has 0 aliphatic heterocycles. The molecular formula is C20H21N3O3. The number of amides is 1. The van der Waals surface area contributed by atoms with E-state index in [4.69, 9.17) is 9.47 Å². The van der Waals surface area contributed by atoms with Crippen LogP contribution in [0.3, 0.4) is 0 Å². The Morgan fingerprint density at radius 2 is 1.77 bits per heavy atom. The van der Waals surface area contributed by atoms with Gasteiger partial charge in [0.15, 0.2) is 0 Å². The van der Waals surface area contributed by atoms with Crippen molar-refractivity contribution < 1.29 is 14.3 Å². The monoisotopic (exact) mass is 351 g/mol. The molecule has 2 rings (SSSR count). The number of methoxy groups -OCH3 is 1. The lowest BCUT2D eigenvalue weighted by Crippen LogP contribution is -2.24. The zero-order valence-electron chi connectivity index (χ0n) is 14.8. The highest BCUT2D eigenvalue weighted by Gasteiger charge is 2.08. The van der Waals surface area contributed by atoms with Gasteiger partial charge < -0.3 is 20.1 Å². The number of nitrogens with one attached hydrogen (secondary N) is 2. The zero-order chi connectivity index (χ0) is 18.8. The lowest BCUT2D eigenvalue weighted by Gasteiger charge is -2.07. The van der Waals surface area contributed by atoms with Gasteiger partial charge in [0.05, 0.1) is 13.7 Å². The van der Waals surface area contributed by atoms with Crippen LogP contribution in [0.4, 0.5) is 5.69 Å².